The summed E-state index contributed by atoms with van der Waals surface area (Å²) in [6, 6.07) is 0. The molecule has 0 heterocycles. The van der Waals surface area contributed by atoms with Gasteiger partial charge in [-0.25, -0.2) is 0 Å². The van der Waals surface area contributed by atoms with Gasteiger partial charge in [-0.2, -0.15) is 0 Å². The predicted octanol–water partition coefficient (Wildman–Crippen LogP) is 5.21. The van der Waals surface area contributed by atoms with E-state index in [-0.39, 0.29) is 0 Å². The van der Waals surface area contributed by atoms with Crippen molar-refractivity contribution in [2.75, 3.05) is 6.61 Å². The van der Waals surface area contributed by atoms with Crippen molar-refractivity contribution in [2.45, 2.75) is 72.3 Å². The average Bonchev–Trinajstić information content (AvgIpc) is 2.42. The molecule has 0 saturated heterocycles. The van der Waals surface area contributed by atoms with Gasteiger partial charge in [0.05, 0.1) is 6.10 Å². The maximum absolute atomic E-state index is 5.95. The molecule has 0 bridgehead atoms. The SMILES string of the molecule is C=CC(CC)C(OCC)C1CCCCC1.CC. The molecule has 17 heavy (non-hydrogen) atoms. The van der Waals surface area contributed by atoms with E-state index in [1.807, 2.05) is 13.8 Å². The molecule has 2 atom stereocenters. The molecule has 0 aromatic rings. The molecule has 1 nitrogen and oxygen atoms in total. The van der Waals surface area contributed by atoms with Crippen LogP contribution < -0.4 is 0 Å². The van der Waals surface area contributed by atoms with E-state index < -0.39 is 0 Å². The van der Waals surface area contributed by atoms with Crippen molar-refractivity contribution in [3.05, 3.63) is 12.7 Å². The molecule has 1 fully saturated rings. The summed E-state index contributed by atoms with van der Waals surface area (Å²) < 4.78 is 5.95. The molecule has 1 heteroatoms. The van der Waals surface area contributed by atoms with Gasteiger partial charge in [-0.15, -0.1) is 6.58 Å². The van der Waals surface area contributed by atoms with Crippen LogP contribution in [0.4, 0.5) is 0 Å². The predicted molar refractivity (Wildman–Crippen MR) is 77.3 cm³/mol. The van der Waals surface area contributed by atoms with Gasteiger partial charge in [0.2, 0.25) is 0 Å². The van der Waals surface area contributed by atoms with Crippen molar-refractivity contribution in [3.8, 4) is 0 Å². The maximum atomic E-state index is 5.95. The molecule has 0 N–H and O–H groups in total. The molecule has 0 spiro atoms. The summed E-state index contributed by atoms with van der Waals surface area (Å²) in [6.07, 6.45) is 10.6. The Hall–Kier alpha value is -0.300. The summed E-state index contributed by atoms with van der Waals surface area (Å²) in [4.78, 5) is 0. The van der Waals surface area contributed by atoms with Crippen molar-refractivity contribution >= 4 is 0 Å². The molecule has 1 aliphatic carbocycles. The lowest BCUT2D eigenvalue weighted by Gasteiger charge is -2.34. The van der Waals surface area contributed by atoms with Crippen LogP contribution in [0.15, 0.2) is 12.7 Å². The zero-order valence-corrected chi connectivity index (χ0v) is 12.4. The third kappa shape index (κ3) is 5.72. The third-order valence-corrected chi connectivity index (χ3v) is 3.67. The van der Waals surface area contributed by atoms with Gasteiger partial charge in [0.25, 0.3) is 0 Å². The fraction of sp³-hybridized carbons (Fsp3) is 0.875. The quantitative estimate of drug-likeness (QED) is 0.579. The minimum Gasteiger partial charge on any atom is -0.378 e. The second-order valence-corrected chi connectivity index (χ2v) is 4.63. The number of rotatable bonds is 6. The minimum atomic E-state index is 0.429. The van der Waals surface area contributed by atoms with E-state index in [4.69, 9.17) is 4.74 Å². The van der Waals surface area contributed by atoms with Gasteiger partial charge in [-0.3, -0.25) is 0 Å². The maximum Gasteiger partial charge on any atom is 0.0665 e. The number of hydrogen-bond acceptors (Lipinski definition) is 1. The Morgan fingerprint density at radius 2 is 1.76 bits per heavy atom. The Bertz CT molecular complexity index is 170. The van der Waals surface area contributed by atoms with Crippen LogP contribution in [0.1, 0.15) is 66.2 Å². The Morgan fingerprint density at radius 1 is 1.18 bits per heavy atom. The van der Waals surface area contributed by atoms with E-state index in [1.54, 1.807) is 0 Å². The lowest BCUT2D eigenvalue weighted by Crippen LogP contribution is -2.32. The van der Waals surface area contributed by atoms with Crippen LogP contribution in [0.5, 0.6) is 0 Å². The second-order valence-electron chi connectivity index (χ2n) is 4.63. The van der Waals surface area contributed by atoms with E-state index >= 15 is 0 Å². The van der Waals surface area contributed by atoms with Gasteiger partial charge in [0, 0.05) is 12.5 Å². The van der Waals surface area contributed by atoms with Crippen LogP contribution in [0.3, 0.4) is 0 Å². The lowest BCUT2D eigenvalue weighted by atomic mass is 9.79. The van der Waals surface area contributed by atoms with Crippen LogP contribution in [-0.4, -0.2) is 12.7 Å². The third-order valence-electron chi connectivity index (χ3n) is 3.67. The number of hydrogen-bond donors (Lipinski definition) is 0. The van der Waals surface area contributed by atoms with Crippen LogP contribution >= 0.6 is 0 Å². The summed E-state index contributed by atoms with van der Waals surface area (Å²) in [7, 11) is 0. The topological polar surface area (TPSA) is 9.23 Å². The van der Waals surface area contributed by atoms with E-state index in [0.717, 1.165) is 18.9 Å². The zero-order chi connectivity index (χ0) is 13.1. The van der Waals surface area contributed by atoms with Crippen molar-refractivity contribution in [3.63, 3.8) is 0 Å². The summed E-state index contributed by atoms with van der Waals surface area (Å²) in [6.45, 7) is 13.1. The molecular weight excluding hydrogens is 208 g/mol. The molecule has 0 aromatic heterocycles. The molecule has 2 unspecified atom stereocenters. The smallest absolute Gasteiger partial charge is 0.0665 e. The Kier molecular flexibility index (Phi) is 10.6. The summed E-state index contributed by atoms with van der Waals surface area (Å²) in [5.74, 6) is 1.33. The zero-order valence-electron chi connectivity index (χ0n) is 12.4. The molecule has 1 aliphatic rings. The molecule has 0 aliphatic heterocycles. The molecule has 102 valence electrons. The fourth-order valence-corrected chi connectivity index (χ4v) is 2.80. The van der Waals surface area contributed by atoms with Gasteiger partial charge in [0.1, 0.15) is 0 Å². The van der Waals surface area contributed by atoms with Crippen molar-refractivity contribution < 1.29 is 4.74 Å². The van der Waals surface area contributed by atoms with Gasteiger partial charge >= 0.3 is 0 Å². The Labute approximate surface area is 109 Å². The molecule has 1 saturated carbocycles. The molecule has 1 rings (SSSR count). The van der Waals surface area contributed by atoms with Crippen molar-refractivity contribution in [1.82, 2.24) is 0 Å². The molecule has 0 amide bonds. The van der Waals surface area contributed by atoms with Gasteiger partial charge < -0.3 is 4.74 Å². The standard InChI is InChI=1S/C14H26O.C2H6/c1-4-12(5-2)14(15-6-3)13-10-8-7-9-11-13;1-2/h4,12-14H,1,5-11H2,2-3H3;1-2H3. The highest BCUT2D eigenvalue weighted by molar-refractivity contribution is 4.89. The molecule has 0 aromatic carbocycles. The van der Waals surface area contributed by atoms with Crippen molar-refractivity contribution in [2.24, 2.45) is 11.8 Å². The van der Waals surface area contributed by atoms with E-state index in [0.29, 0.717) is 12.0 Å². The highest BCUT2D eigenvalue weighted by atomic mass is 16.5. The highest BCUT2D eigenvalue weighted by Gasteiger charge is 2.28. The van der Waals surface area contributed by atoms with Gasteiger partial charge in [0.15, 0.2) is 0 Å². The van der Waals surface area contributed by atoms with E-state index in [1.165, 1.54) is 32.1 Å². The first-order valence-electron chi connectivity index (χ1n) is 7.57. The van der Waals surface area contributed by atoms with Crippen LogP contribution in [-0.2, 0) is 4.74 Å². The normalized spacial score (nSPS) is 20.0. The molecular formula is C16H32O. The monoisotopic (exact) mass is 240 g/mol. The Morgan fingerprint density at radius 3 is 2.18 bits per heavy atom. The largest absolute Gasteiger partial charge is 0.378 e. The van der Waals surface area contributed by atoms with Crippen LogP contribution in [0.2, 0.25) is 0 Å². The first-order chi connectivity index (χ1) is 8.33. The fourth-order valence-electron chi connectivity index (χ4n) is 2.80. The highest BCUT2D eigenvalue weighted by Crippen LogP contribution is 2.32. The summed E-state index contributed by atoms with van der Waals surface area (Å²) in [5.41, 5.74) is 0. The van der Waals surface area contributed by atoms with Crippen LogP contribution in [0.25, 0.3) is 0 Å². The minimum absolute atomic E-state index is 0.429. The second kappa shape index (κ2) is 10.8. The van der Waals surface area contributed by atoms with E-state index in [2.05, 4.69) is 26.5 Å². The molecule has 0 radical (unpaired) electrons. The van der Waals surface area contributed by atoms with Crippen LogP contribution in [0, 0.1) is 11.8 Å². The van der Waals surface area contributed by atoms with Crippen molar-refractivity contribution in [1.29, 1.82) is 0 Å². The Balaban J connectivity index is 0.00000121. The lowest BCUT2D eigenvalue weighted by molar-refractivity contribution is -0.0199. The van der Waals surface area contributed by atoms with Gasteiger partial charge in [-0.1, -0.05) is 46.1 Å². The van der Waals surface area contributed by atoms with E-state index in [9.17, 15) is 0 Å². The summed E-state index contributed by atoms with van der Waals surface area (Å²) in [5, 5.41) is 0. The van der Waals surface area contributed by atoms with Gasteiger partial charge in [-0.05, 0) is 32.1 Å². The summed E-state index contributed by atoms with van der Waals surface area (Å²) >= 11 is 0. The average molecular weight is 240 g/mol. The first-order valence-corrected chi connectivity index (χ1v) is 7.57. The first kappa shape index (κ1) is 16.7. The number of ether oxygens (including phenoxy) is 1.